The first kappa shape index (κ1) is 14.1. The largest absolute Gasteiger partial charge is 0.366 e. The molecule has 1 rings (SSSR count). The molecule has 6 heteroatoms. The van der Waals surface area contributed by atoms with Crippen LogP contribution in [0.2, 0.25) is 0 Å². The Morgan fingerprint density at radius 2 is 1.50 bits per heavy atom. The predicted molar refractivity (Wildman–Crippen MR) is 69.0 cm³/mol. The lowest BCUT2D eigenvalue weighted by molar-refractivity contribution is 0.0759. The molecule has 18 heavy (non-hydrogen) atoms. The highest BCUT2D eigenvalue weighted by Gasteiger charge is 2.19. The lowest BCUT2D eigenvalue weighted by Crippen LogP contribution is -2.39. The molecule has 6 nitrogen and oxygen atoms in total. The summed E-state index contributed by atoms with van der Waals surface area (Å²) in [6.45, 7) is 1.46. The van der Waals surface area contributed by atoms with Crippen molar-refractivity contribution < 1.29 is 9.59 Å². The zero-order valence-electron chi connectivity index (χ0n) is 10.1. The van der Waals surface area contributed by atoms with Gasteiger partial charge in [-0.05, 0) is 12.1 Å². The van der Waals surface area contributed by atoms with Crippen molar-refractivity contribution in [3.05, 3.63) is 35.4 Å². The van der Waals surface area contributed by atoms with Crippen LogP contribution in [-0.2, 0) is 0 Å². The highest BCUT2D eigenvalue weighted by atomic mass is 16.2. The van der Waals surface area contributed by atoms with Crippen molar-refractivity contribution in [1.82, 2.24) is 4.90 Å². The predicted octanol–water partition coefficient (Wildman–Crippen LogP) is -0.855. The molecule has 98 valence electrons. The van der Waals surface area contributed by atoms with E-state index in [1.807, 2.05) is 0 Å². The molecule has 0 aliphatic heterocycles. The molecule has 1 aromatic rings. The number of nitrogens with zero attached hydrogens (tertiary/aromatic N) is 1. The van der Waals surface area contributed by atoms with Crippen LogP contribution >= 0.6 is 0 Å². The van der Waals surface area contributed by atoms with E-state index in [0.717, 1.165) is 0 Å². The third kappa shape index (κ3) is 3.28. The molecule has 6 N–H and O–H groups in total. The standard InChI is InChI=1S/C12H18N4O2/c13-5-7-16(8-6-14)12(18)10-4-2-1-3-9(10)11(15)17/h1-4H,5-8,13-14H2,(H2,15,17). The molecule has 0 unspecified atom stereocenters. The van der Waals surface area contributed by atoms with E-state index >= 15 is 0 Å². The minimum absolute atomic E-state index is 0.210. The zero-order chi connectivity index (χ0) is 13.5. The van der Waals surface area contributed by atoms with Crippen LogP contribution in [0.3, 0.4) is 0 Å². The van der Waals surface area contributed by atoms with Gasteiger partial charge in [0.15, 0.2) is 0 Å². The number of benzene rings is 1. The molecular formula is C12H18N4O2. The fraction of sp³-hybridized carbons (Fsp3) is 0.333. The van der Waals surface area contributed by atoms with Gasteiger partial charge in [-0.3, -0.25) is 9.59 Å². The van der Waals surface area contributed by atoms with Gasteiger partial charge in [-0.1, -0.05) is 12.1 Å². The number of nitrogens with two attached hydrogens (primary N) is 3. The van der Waals surface area contributed by atoms with Crippen molar-refractivity contribution in [3.63, 3.8) is 0 Å². The van der Waals surface area contributed by atoms with Crippen LogP contribution in [0.1, 0.15) is 20.7 Å². The van der Waals surface area contributed by atoms with E-state index in [4.69, 9.17) is 17.2 Å². The summed E-state index contributed by atoms with van der Waals surface area (Å²) in [5.74, 6) is -0.903. The van der Waals surface area contributed by atoms with Crippen molar-refractivity contribution >= 4 is 11.8 Å². The van der Waals surface area contributed by atoms with Crippen molar-refractivity contribution in [3.8, 4) is 0 Å². The fourth-order valence-electron chi connectivity index (χ4n) is 1.68. The van der Waals surface area contributed by atoms with Crippen LogP contribution in [0.25, 0.3) is 0 Å². The SMILES string of the molecule is NCCN(CCN)C(=O)c1ccccc1C(N)=O. The highest BCUT2D eigenvalue weighted by Crippen LogP contribution is 2.11. The van der Waals surface area contributed by atoms with E-state index in [9.17, 15) is 9.59 Å². The number of carbonyl (C=O) groups is 2. The maximum Gasteiger partial charge on any atom is 0.254 e. The summed E-state index contributed by atoms with van der Waals surface area (Å²) >= 11 is 0. The lowest BCUT2D eigenvalue weighted by atomic mass is 10.1. The van der Waals surface area contributed by atoms with E-state index < -0.39 is 5.91 Å². The molecular weight excluding hydrogens is 232 g/mol. The van der Waals surface area contributed by atoms with Crippen LogP contribution < -0.4 is 17.2 Å². The second kappa shape index (κ2) is 6.73. The molecule has 0 aliphatic rings. The molecule has 2 amide bonds. The van der Waals surface area contributed by atoms with Crippen molar-refractivity contribution in [1.29, 1.82) is 0 Å². The molecule has 0 fully saturated rings. The third-order valence-corrected chi connectivity index (χ3v) is 2.51. The van der Waals surface area contributed by atoms with Gasteiger partial charge in [0.05, 0.1) is 11.1 Å². The van der Waals surface area contributed by atoms with Crippen LogP contribution in [0, 0.1) is 0 Å². The zero-order valence-corrected chi connectivity index (χ0v) is 10.1. The molecule has 0 atom stereocenters. The van der Waals surface area contributed by atoms with Crippen LogP contribution in [-0.4, -0.2) is 42.9 Å². The number of amides is 2. The van der Waals surface area contributed by atoms with Crippen molar-refractivity contribution in [2.75, 3.05) is 26.2 Å². The minimum Gasteiger partial charge on any atom is -0.366 e. The van der Waals surface area contributed by atoms with E-state index in [2.05, 4.69) is 0 Å². The maximum atomic E-state index is 12.3. The molecule has 0 radical (unpaired) electrons. The van der Waals surface area contributed by atoms with Gasteiger partial charge in [0.2, 0.25) is 5.91 Å². The van der Waals surface area contributed by atoms with Gasteiger partial charge in [-0.15, -0.1) is 0 Å². The summed E-state index contributed by atoms with van der Waals surface area (Å²) < 4.78 is 0. The van der Waals surface area contributed by atoms with E-state index in [0.29, 0.717) is 26.2 Å². The van der Waals surface area contributed by atoms with Crippen molar-refractivity contribution in [2.24, 2.45) is 17.2 Å². The summed E-state index contributed by atoms with van der Waals surface area (Å²) in [5, 5.41) is 0. The molecule has 0 aliphatic carbocycles. The summed E-state index contributed by atoms with van der Waals surface area (Å²) in [4.78, 5) is 25.0. The van der Waals surface area contributed by atoms with Crippen molar-refractivity contribution in [2.45, 2.75) is 0 Å². The Kier molecular flexibility index (Phi) is 5.29. The van der Waals surface area contributed by atoms with Gasteiger partial charge < -0.3 is 22.1 Å². The van der Waals surface area contributed by atoms with Crippen LogP contribution in [0.4, 0.5) is 0 Å². The Hall–Kier alpha value is -1.92. The average molecular weight is 250 g/mol. The number of hydrogen-bond donors (Lipinski definition) is 3. The molecule has 0 heterocycles. The van der Waals surface area contributed by atoms with Gasteiger partial charge in [0.25, 0.3) is 5.91 Å². The Labute approximate surface area is 106 Å². The Bertz CT molecular complexity index is 428. The molecule has 0 saturated carbocycles. The summed E-state index contributed by atoms with van der Waals surface area (Å²) in [6, 6.07) is 6.44. The Morgan fingerprint density at radius 1 is 1.00 bits per heavy atom. The van der Waals surface area contributed by atoms with Gasteiger partial charge in [0.1, 0.15) is 0 Å². The first-order valence-electron chi connectivity index (χ1n) is 5.70. The van der Waals surface area contributed by atoms with E-state index in [1.54, 1.807) is 18.2 Å². The Balaban J connectivity index is 3.04. The van der Waals surface area contributed by atoms with Gasteiger partial charge >= 0.3 is 0 Å². The normalized spacial score (nSPS) is 10.1. The molecule has 1 aromatic carbocycles. The third-order valence-electron chi connectivity index (χ3n) is 2.51. The molecule has 0 spiro atoms. The fourth-order valence-corrected chi connectivity index (χ4v) is 1.68. The second-order valence-corrected chi connectivity index (χ2v) is 3.78. The van der Waals surface area contributed by atoms with E-state index in [1.165, 1.54) is 11.0 Å². The quantitative estimate of drug-likeness (QED) is 0.609. The minimum atomic E-state index is -0.626. The number of hydrogen-bond acceptors (Lipinski definition) is 4. The molecule has 0 aromatic heterocycles. The summed E-state index contributed by atoms with van der Waals surface area (Å²) in [6.07, 6.45) is 0. The van der Waals surface area contributed by atoms with E-state index in [-0.39, 0.29) is 17.0 Å². The average Bonchev–Trinajstić information content (AvgIpc) is 2.37. The number of rotatable bonds is 6. The van der Waals surface area contributed by atoms with Gasteiger partial charge in [-0.25, -0.2) is 0 Å². The van der Waals surface area contributed by atoms with Gasteiger partial charge in [0, 0.05) is 26.2 Å². The molecule has 0 saturated heterocycles. The first-order valence-corrected chi connectivity index (χ1v) is 5.70. The lowest BCUT2D eigenvalue weighted by Gasteiger charge is -2.22. The maximum absolute atomic E-state index is 12.3. The summed E-state index contributed by atoms with van der Waals surface area (Å²) in [7, 11) is 0. The topological polar surface area (TPSA) is 115 Å². The number of primary amides is 1. The smallest absolute Gasteiger partial charge is 0.254 e. The van der Waals surface area contributed by atoms with Crippen LogP contribution in [0.5, 0.6) is 0 Å². The Morgan fingerprint density at radius 3 is 1.94 bits per heavy atom. The first-order chi connectivity index (χ1) is 8.61. The van der Waals surface area contributed by atoms with Crippen LogP contribution in [0.15, 0.2) is 24.3 Å². The highest BCUT2D eigenvalue weighted by molar-refractivity contribution is 6.06. The summed E-state index contributed by atoms with van der Waals surface area (Å²) in [5.41, 5.74) is 16.6. The van der Waals surface area contributed by atoms with Gasteiger partial charge in [-0.2, -0.15) is 0 Å². The monoisotopic (exact) mass is 250 g/mol. The number of carbonyl (C=O) groups excluding carboxylic acids is 2. The second-order valence-electron chi connectivity index (χ2n) is 3.78. The molecule has 0 bridgehead atoms.